The number of carbonyl (C=O) groups excluding carboxylic acids is 3. The van der Waals surface area contributed by atoms with Gasteiger partial charge in [0.15, 0.2) is 0 Å². The first kappa shape index (κ1) is 30.7. The molecule has 4 aromatic rings. The van der Waals surface area contributed by atoms with E-state index in [9.17, 15) is 24.5 Å². The molecule has 0 aromatic heterocycles. The van der Waals surface area contributed by atoms with Gasteiger partial charge in [-0.1, -0.05) is 54.1 Å². The van der Waals surface area contributed by atoms with Crippen LogP contribution in [-0.2, 0) is 9.59 Å². The molecule has 218 valence electrons. The van der Waals surface area contributed by atoms with Gasteiger partial charge >= 0.3 is 0 Å². The van der Waals surface area contributed by atoms with Gasteiger partial charge in [-0.2, -0.15) is 0 Å². The minimum absolute atomic E-state index is 0.0479. The van der Waals surface area contributed by atoms with Crippen molar-refractivity contribution in [3.8, 4) is 0 Å². The van der Waals surface area contributed by atoms with Crippen molar-refractivity contribution in [1.82, 2.24) is 5.32 Å². The molecule has 43 heavy (non-hydrogen) atoms. The Morgan fingerprint density at radius 1 is 0.860 bits per heavy atom. The number of hydrogen-bond acceptors (Lipinski definition) is 6. The van der Waals surface area contributed by atoms with E-state index in [1.807, 2.05) is 37.3 Å². The first-order chi connectivity index (χ1) is 20.6. The summed E-state index contributed by atoms with van der Waals surface area (Å²) in [6.45, 7) is 5.40. The summed E-state index contributed by atoms with van der Waals surface area (Å²) in [5.41, 5.74) is 3.81. The maximum atomic E-state index is 13.4. The van der Waals surface area contributed by atoms with Crippen LogP contribution in [0.2, 0.25) is 0 Å². The highest BCUT2D eigenvalue weighted by atomic mass is 32.2. The van der Waals surface area contributed by atoms with E-state index in [-0.39, 0.29) is 17.3 Å². The highest BCUT2D eigenvalue weighted by molar-refractivity contribution is 8.00. The number of non-ortho nitro benzene ring substituents is 1. The van der Waals surface area contributed by atoms with Crippen LogP contribution >= 0.6 is 11.8 Å². The Morgan fingerprint density at radius 2 is 1.58 bits per heavy atom. The molecule has 0 heterocycles. The zero-order chi connectivity index (χ0) is 30.9. The standard InChI is InChI=1S/C33H30N4O5S/c1-21-12-14-24(15-13-21)19-30(36-32(39)25-8-5-4-6-9-25)33(40)34-26-10-7-11-28(20-26)43-23(3)31(38)35-29-17-16-27(37(41)42)18-22(29)2/h4-20,23H,1-3H3,(H,34,40)(H,35,38)(H,36,39)/b30-19-. The van der Waals surface area contributed by atoms with Gasteiger partial charge in [0.05, 0.1) is 10.2 Å². The van der Waals surface area contributed by atoms with Crippen molar-refractivity contribution in [2.24, 2.45) is 0 Å². The van der Waals surface area contributed by atoms with Crippen molar-refractivity contribution >= 4 is 52.6 Å². The average Bonchev–Trinajstić information content (AvgIpc) is 2.99. The Labute approximate surface area is 253 Å². The van der Waals surface area contributed by atoms with Gasteiger partial charge in [-0.05, 0) is 74.4 Å². The topological polar surface area (TPSA) is 130 Å². The van der Waals surface area contributed by atoms with E-state index in [4.69, 9.17) is 0 Å². The Hall–Kier alpha value is -5.22. The Bertz CT molecular complexity index is 1690. The normalized spacial score (nSPS) is 11.7. The number of nitro groups is 1. The van der Waals surface area contributed by atoms with E-state index >= 15 is 0 Å². The quantitative estimate of drug-likeness (QED) is 0.0807. The third-order valence-corrected chi connectivity index (χ3v) is 7.46. The van der Waals surface area contributed by atoms with Gasteiger partial charge < -0.3 is 16.0 Å². The number of nitro benzene ring substituents is 1. The number of aryl methyl sites for hydroxylation is 2. The molecule has 1 atom stereocenters. The van der Waals surface area contributed by atoms with E-state index in [0.717, 1.165) is 16.0 Å². The summed E-state index contributed by atoms with van der Waals surface area (Å²) < 4.78 is 0. The molecule has 3 amide bonds. The van der Waals surface area contributed by atoms with Crippen LogP contribution in [0.4, 0.5) is 17.1 Å². The molecule has 0 aliphatic heterocycles. The second-order valence-electron chi connectivity index (χ2n) is 9.78. The molecule has 10 heteroatoms. The number of rotatable bonds is 10. The second kappa shape index (κ2) is 14.1. The van der Waals surface area contributed by atoms with Crippen LogP contribution < -0.4 is 16.0 Å². The third-order valence-electron chi connectivity index (χ3n) is 6.37. The number of thioether (sulfide) groups is 1. The first-order valence-corrected chi connectivity index (χ1v) is 14.3. The van der Waals surface area contributed by atoms with Crippen molar-refractivity contribution in [3.05, 3.63) is 135 Å². The van der Waals surface area contributed by atoms with Crippen LogP contribution in [0.5, 0.6) is 0 Å². The maximum absolute atomic E-state index is 13.4. The Balaban J connectivity index is 1.46. The average molecular weight is 595 g/mol. The highest BCUT2D eigenvalue weighted by Crippen LogP contribution is 2.28. The van der Waals surface area contributed by atoms with Gasteiger partial charge in [0.25, 0.3) is 17.5 Å². The molecule has 0 aliphatic carbocycles. The van der Waals surface area contributed by atoms with Crippen molar-refractivity contribution < 1.29 is 19.3 Å². The van der Waals surface area contributed by atoms with E-state index in [1.165, 1.54) is 30.0 Å². The number of nitrogens with one attached hydrogen (secondary N) is 3. The summed E-state index contributed by atoms with van der Waals surface area (Å²) in [6.07, 6.45) is 1.61. The fourth-order valence-electron chi connectivity index (χ4n) is 4.01. The number of nitrogens with zero attached hydrogens (tertiary/aromatic N) is 1. The molecule has 9 nitrogen and oxygen atoms in total. The molecular weight excluding hydrogens is 564 g/mol. The minimum atomic E-state index is -0.511. The molecule has 0 aliphatic rings. The molecule has 0 saturated heterocycles. The van der Waals surface area contributed by atoms with Gasteiger partial charge in [-0.25, -0.2) is 0 Å². The molecule has 0 fully saturated rings. The molecule has 0 spiro atoms. The predicted octanol–water partition coefficient (Wildman–Crippen LogP) is 6.74. The van der Waals surface area contributed by atoms with Crippen LogP contribution in [0.15, 0.2) is 108 Å². The molecule has 3 N–H and O–H groups in total. The van der Waals surface area contributed by atoms with Gasteiger partial charge in [0.2, 0.25) is 5.91 Å². The third kappa shape index (κ3) is 8.64. The lowest BCUT2D eigenvalue weighted by Gasteiger charge is -2.15. The van der Waals surface area contributed by atoms with Gasteiger partial charge in [-0.3, -0.25) is 24.5 Å². The van der Waals surface area contributed by atoms with Crippen LogP contribution in [0.1, 0.15) is 34.0 Å². The van der Waals surface area contributed by atoms with E-state index < -0.39 is 22.0 Å². The summed E-state index contributed by atoms with van der Waals surface area (Å²) >= 11 is 1.29. The zero-order valence-electron chi connectivity index (χ0n) is 23.8. The zero-order valence-corrected chi connectivity index (χ0v) is 24.6. The number of amides is 3. The molecule has 4 rings (SSSR count). The van der Waals surface area contributed by atoms with Gasteiger partial charge in [-0.15, -0.1) is 11.8 Å². The predicted molar refractivity (Wildman–Crippen MR) is 170 cm³/mol. The van der Waals surface area contributed by atoms with Crippen molar-refractivity contribution in [2.75, 3.05) is 10.6 Å². The van der Waals surface area contributed by atoms with Crippen molar-refractivity contribution in [3.63, 3.8) is 0 Å². The second-order valence-corrected chi connectivity index (χ2v) is 11.2. The summed E-state index contributed by atoms with van der Waals surface area (Å²) in [5.74, 6) is -1.20. The number of benzene rings is 4. The fourth-order valence-corrected chi connectivity index (χ4v) is 4.94. The monoisotopic (exact) mass is 594 g/mol. The van der Waals surface area contributed by atoms with Crippen LogP contribution in [0.25, 0.3) is 6.08 Å². The molecule has 1 unspecified atom stereocenters. The smallest absolute Gasteiger partial charge is 0.272 e. The number of anilines is 2. The summed E-state index contributed by atoms with van der Waals surface area (Å²) in [6, 6.07) is 27.5. The Morgan fingerprint density at radius 3 is 2.26 bits per heavy atom. The lowest BCUT2D eigenvalue weighted by Crippen LogP contribution is -2.30. The SMILES string of the molecule is Cc1ccc(/C=C(\NC(=O)c2ccccc2)C(=O)Nc2cccc(SC(C)C(=O)Nc3ccc([N+](=O)[O-])cc3C)c2)cc1. The van der Waals surface area contributed by atoms with E-state index in [0.29, 0.717) is 22.5 Å². The van der Waals surface area contributed by atoms with E-state index in [2.05, 4.69) is 16.0 Å². The molecular formula is C33H30N4O5S. The van der Waals surface area contributed by atoms with Gasteiger partial charge in [0, 0.05) is 34.0 Å². The molecule has 0 saturated carbocycles. The Kier molecular flexibility index (Phi) is 10.1. The summed E-state index contributed by atoms with van der Waals surface area (Å²) in [5, 5.41) is 18.9. The van der Waals surface area contributed by atoms with Crippen LogP contribution in [-0.4, -0.2) is 27.9 Å². The minimum Gasteiger partial charge on any atom is -0.325 e. The van der Waals surface area contributed by atoms with Crippen molar-refractivity contribution in [2.45, 2.75) is 30.9 Å². The van der Waals surface area contributed by atoms with Crippen LogP contribution in [0, 0.1) is 24.0 Å². The molecule has 0 bridgehead atoms. The fraction of sp³-hybridized carbons (Fsp3) is 0.121. The van der Waals surface area contributed by atoms with E-state index in [1.54, 1.807) is 68.5 Å². The molecule has 4 aromatic carbocycles. The number of hydrogen-bond donors (Lipinski definition) is 3. The maximum Gasteiger partial charge on any atom is 0.272 e. The van der Waals surface area contributed by atoms with Gasteiger partial charge in [0.1, 0.15) is 5.70 Å². The highest BCUT2D eigenvalue weighted by Gasteiger charge is 2.18. The summed E-state index contributed by atoms with van der Waals surface area (Å²) in [7, 11) is 0. The summed E-state index contributed by atoms with van der Waals surface area (Å²) in [4.78, 5) is 50.4. The molecule has 0 radical (unpaired) electrons. The first-order valence-electron chi connectivity index (χ1n) is 13.4. The largest absolute Gasteiger partial charge is 0.325 e. The van der Waals surface area contributed by atoms with Crippen molar-refractivity contribution in [1.29, 1.82) is 0 Å². The van der Waals surface area contributed by atoms with Crippen LogP contribution in [0.3, 0.4) is 0 Å². The number of carbonyl (C=O) groups is 3. The lowest BCUT2D eigenvalue weighted by molar-refractivity contribution is -0.384. The lowest BCUT2D eigenvalue weighted by atomic mass is 10.1.